The van der Waals surface area contributed by atoms with Gasteiger partial charge in [-0.15, -0.1) is 0 Å². The van der Waals surface area contributed by atoms with E-state index in [1.807, 2.05) is 0 Å². The van der Waals surface area contributed by atoms with Gasteiger partial charge in [0, 0.05) is 12.8 Å². The largest absolute Gasteiger partial charge is 0.482 e. The molecule has 10 heteroatoms. The average Bonchev–Trinajstić information content (AvgIpc) is 2.35. The van der Waals surface area contributed by atoms with Crippen molar-refractivity contribution >= 4 is 25.8 Å². The third-order valence-corrected chi connectivity index (χ3v) is 4.68. The van der Waals surface area contributed by atoms with E-state index in [0.29, 0.717) is 0 Å². The number of hydrogen-bond acceptors (Lipinski definition) is 6. The molecule has 0 bridgehead atoms. The highest BCUT2D eigenvalue weighted by molar-refractivity contribution is 7.91. The number of rotatable bonds is 8. The lowest BCUT2D eigenvalue weighted by molar-refractivity contribution is -0.139. The Labute approximate surface area is 122 Å². The Hall–Kier alpha value is -1.65. The van der Waals surface area contributed by atoms with E-state index in [0.717, 1.165) is 6.26 Å². The second-order valence-corrected chi connectivity index (χ2v) is 8.21. The second kappa shape index (κ2) is 6.87. The molecule has 0 radical (unpaired) electrons. The topological polar surface area (TPSA) is 127 Å². The first-order chi connectivity index (χ1) is 9.60. The molecular weight excluding hydrogens is 322 g/mol. The first-order valence-electron chi connectivity index (χ1n) is 5.72. The summed E-state index contributed by atoms with van der Waals surface area (Å²) in [6, 6.07) is 5.10. The van der Waals surface area contributed by atoms with Crippen molar-refractivity contribution in [1.29, 1.82) is 0 Å². The van der Waals surface area contributed by atoms with Gasteiger partial charge in [-0.2, -0.15) is 0 Å². The molecular formula is C11H15NO7S2. The molecule has 8 nitrogen and oxygen atoms in total. The molecule has 21 heavy (non-hydrogen) atoms. The van der Waals surface area contributed by atoms with Crippen LogP contribution in [-0.2, 0) is 24.7 Å². The zero-order valence-electron chi connectivity index (χ0n) is 11.1. The number of carbonyl (C=O) groups is 1. The molecule has 0 amide bonds. The summed E-state index contributed by atoms with van der Waals surface area (Å²) in [5.74, 6) is -1.23. The van der Waals surface area contributed by atoms with Crippen molar-refractivity contribution in [2.24, 2.45) is 0 Å². The molecule has 0 aliphatic carbocycles. The van der Waals surface area contributed by atoms with Gasteiger partial charge in [0.25, 0.3) is 0 Å². The molecule has 118 valence electrons. The monoisotopic (exact) mass is 337 g/mol. The Kier molecular flexibility index (Phi) is 5.70. The van der Waals surface area contributed by atoms with E-state index in [-0.39, 0.29) is 22.9 Å². The molecule has 0 aliphatic heterocycles. The van der Waals surface area contributed by atoms with E-state index in [1.165, 1.54) is 24.3 Å². The van der Waals surface area contributed by atoms with Gasteiger partial charge in [0.05, 0.1) is 10.6 Å². The van der Waals surface area contributed by atoms with Gasteiger partial charge in [0.1, 0.15) is 15.6 Å². The Morgan fingerprint density at radius 3 is 2.24 bits per heavy atom. The minimum Gasteiger partial charge on any atom is -0.482 e. The van der Waals surface area contributed by atoms with Crippen LogP contribution >= 0.6 is 0 Å². The standard InChI is InChI=1S/C11H15NO7S2/c1-20(15,16)7-6-12-21(17,18)10-4-2-9(3-5-10)19-8-11(13)14/h2-5,12H,6-8H2,1H3,(H,13,14). The summed E-state index contributed by atoms with van der Waals surface area (Å²) in [5, 5.41) is 8.44. The fraction of sp³-hybridized carbons (Fsp3) is 0.364. The summed E-state index contributed by atoms with van der Waals surface area (Å²) in [6.45, 7) is -0.753. The Balaban J connectivity index is 2.69. The number of hydrogen-bond donors (Lipinski definition) is 2. The van der Waals surface area contributed by atoms with Crippen LogP contribution in [-0.4, -0.2) is 53.1 Å². The number of nitrogens with one attached hydrogen (secondary N) is 1. The van der Waals surface area contributed by atoms with Gasteiger partial charge >= 0.3 is 5.97 Å². The van der Waals surface area contributed by atoms with E-state index in [9.17, 15) is 21.6 Å². The summed E-state index contributed by atoms with van der Waals surface area (Å²) in [7, 11) is -7.07. The van der Waals surface area contributed by atoms with Crippen LogP contribution in [0.25, 0.3) is 0 Å². The Morgan fingerprint density at radius 2 is 1.76 bits per heavy atom. The molecule has 0 atom stereocenters. The molecule has 0 fully saturated rings. The number of benzene rings is 1. The van der Waals surface area contributed by atoms with Crippen LogP contribution < -0.4 is 9.46 Å². The SMILES string of the molecule is CS(=O)(=O)CCNS(=O)(=O)c1ccc(OCC(=O)O)cc1. The van der Waals surface area contributed by atoms with Crippen LogP contribution in [0, 0.1) is 0 Å². The fourth-order valence-electron chi connectivity index (χ4n) is 1.30. The summed E-state index contributed by atoms with van der Waals surface area (Å²) < 4.78 is 52.6. The van der Waals surface area contributed by atoms with Gasteiger partial charge in [-0.25, -0.2) is 26.4 Å². The van der Waals surface area contributed by atoms with Crippen LogP contribution in [0.1, 0.15) is 0 Å². The smallest absolute Gasteiger partial charge is 0.341 e. The minimum atomic E-state index is -3.82. The lowest BCUT2D eigenvalue weighted by Gasteiger charge is -2.07. The average molecular weight is 337 g/mol. The molecule has 0 saturated carbocycles. The lowest BCUT2D eigenvalue weighted by atomic mass is 10.3. The van der Waals surface area contributed by atoms with Crippen molar-refractivity contribution < 1.29 is 31.5 Å². The van der Waals surface area contributed by atoms with E-state index in [1.54, 1.807) is 0 Å². The predicted octanol–water partition coefficient (Wildman–Crippen LogP) is -0.527. The summed E-state index contributed by atoms with van der Waals surface area (Å²) >= 11 is 0. The first-order valence-corrected chi connectivity index (χ1v) is 9.26. The Morgan fingerprint density at radius 1 is 1.19 bits per heavy atom. The van der Waals surface area contributed by atoms with Crippen molar-refractivity contribution in [2.45, 2.75) is 4.90 Å². The molecule has 1 aromatic rings. The number of carboxylic acids is 1. The Bertz CT molecular complexity index is 693. The number of sulfone groups is 1. The molecule has 2 N–H and O–H groups in total. The zero-order valence-corrected chi connectivity index (χ0v) is 12.8. The van der Waals surface area contributed by atoms with Crippen molar-refractivity contribution in [3.63, 3.8) is 0 Å². The van der Waals surface area contributed by atoms with E-state index in [2.05, 4.69) is 4.72 Å². The second-order valence-electron chi connectivity index (χ2n) is 4.18. The van der Waals surface area contributed by atoms with Crippen molar-refractivity contribution in [2.75, 3.05) is 25.2 Å². The highest BCUT2D eigenvalue weighted by Gasteiger charge is 2.14. The highest BCUT2D eigenvalue weighted by Crippen LogP contribution is 2.15. The molecule has 0 unspecified atom stereocenters. The van der Waals surface area contributed by atoms with Crippen molar-refractivity contribution in [1.82, 2.24) is 4.72 Å². The maximum absolute atomic E-state index is 11.9. The van der Waals surface area contributed by atoms with Crippen molar-refractivity contribution in [3.05, 3.63) is 24.3 Å². The zero-order chi connectivity index (χ0) is 16.1. The van der Waals surface area contributed by atoms with Crippen molar-refractivity contribution in [3.8, 4) is 5.75 Å². The van der Waals surface area contributed by atoms with E-state index >= 15 is 0 Å². The summed E-state index contributed by atoms with van der Waals surface area (Å²) in [5.41, 5.74) is 0. The van der Waals surface area contributed by atoms with Crippen LogP contribution in [0.4, 0.5) is 0 Å². The number of sulfonamides is 1. The quantitative estimate of drug-likeness (QED) is 0.653. The van der Waals surface area contributed by atoms with E-state index in [4.69, 9.17) is 9.84 Å². The first kappa shape index (κ1) is 17.4. The molecule has 0 spiro atoms. The molecule has 1 rings (SSSR count). The predicted molar refractivity (Wildman–Crippen MR) is 74.5 cm³/mol. The van der Waals surface area contributed by atoms with Gasteiger partial charge in [0.15, 0.2) is 6.61 Å². The molecule has 0 aromatic heterocycles. The number of carboxylic acid groups (broad SMARTS) is 1. The molecule has 0 saturated heterocycles. The molecule has 0 heterocycles. The maximum Gasteiger partial charge on any atom is 0.341 e. The minimum absolute atomic E-state index is 0.0707. The summed E-state index contributed by atoms with van der Waals surface area (Å²) in [4.78, 5) is 10.2. The van der Waals surface area contributed by atoms with Crippen LogP contribution in [0.2, 0.25) is 0 Å². The van der Waals surface area contributed by atoms with Gasteiger partial charge in [-0.3, -0.25) is 0 Å². The van der Waals surface area contributed by atoms with Gasteiger partial charge in [0.2, 0.25) is 10.0 Å². The van der Waals surface area contributed by atoms with Crippen LogP contribution in [0.5, 0.6) is 5.75 Å². The van der Waals surface area contributed by atoms with E-state index < -0.39 is 32.4 Å². The lowest BCUT2D eigenvalue weighted by Crippen LogP contribution is -2.28. The van der Waals surface area contributed by atoms with Gasteiger partial charge in [-0.05, 0) is 24.3 Å². The van der Waals surface area contributed by atoms with Crippen LogP contribution in [0.3, 0.4) is 0 Å². The van der Waals surface area contributed by atoms with Gasteiger partial charge < -0.3 is 9.84 Å². The van der Waals surface area contributed by atoms with Gasteiger partial charge in [-0.1, -0.05) is 0 Å². The fourth-order valence-corrected chi connectivity index (χ4v) is 2.94. The summed E-state index contributed by atoms with van der Waals surface area (Å²) in [6.07, 6.45) is 1.01. The molecule has 1 aromatic carbocycles. The normalized spacial score (nSPS) is 12.0. The third-order valence-electron chi connectivity index (χ3n) is 2.26. The highest BCUT2D eigenvalue weighted by atomic mass is 32.2. The maximum atomic E-state index is 11.9. The number of aliphatic carboxylic acids is 1. The third kappa shape index (κ3) is 6.56. The van der Waals surface area contributed by atoms with Crippen LogP contribution in [0.15, 0.2) is 29.2 Å². The molecule has 0 aliphatic rings. The number of ether oxygens (including phenoxy) is 1.